The molecule has 0 fully saturated rings. The number of rotatable bonds is 30. The number of imidazole rings is 1. The molecule has 1 heterocycles. The van der Waals surface area contributed by atoms with Crippen molar-refractivity contribution in [2.75, 3.05) is 0 Å². The second-order valence-electron chi connectivity index (χ2n) is 12.9. The Bertz CT molecular complexity index is 606. The first-order chi connectivity index (χ1) is 19.2. The minimum absolute atomic E-state index is 0.621. The second kappa shape index (κ2) is 27.4. The topological polar surface area (TPSA) is 19.7 Å². The van der Waals surface area contributed by atoms with Gasteiger partial charge in [0.15, 0.2) is 0 Å². The molecular formula is C37H73N2+. The maximum Gasteiger partial charge on any atom is 0.257 e. The van der Waals surface area contributed by atoms with E-state index >= 15 is 0 Å². The van der Waals surface area contributed by atoms with Crippen LogP contribution in [0.1, 0.15) is 225 Å². The third kappa shape index (κ3) is 19.8. The predicted octanol–water partition coefficient (Wildman–Crippen LogP) is 12.9. The minimum atomic E-state index is 0.621. The van der Waals surface area contributed by atoms with E-state index in [1.54, 1.807) is 0 Å². The van der Waals surface area contributed by atoms with Gasteiger partial charge in [0.05, 0.1) is 12.0 Å². The van der Waals surface area contributed by atoms with Crippen molar-refractivity contribution in [1.82, 2.24) is 4.98 Å². The average molecular weight is 546 g/mol. The SMILES string of the molecule is CCCCCCCCCCCCCCC(CCCCCCCCCCC)c1[nH]cc[n+]1C(C)CCCCCC. The average Bonchev–Trinajstić information content (AvgIpc) is 3.44. The fraction of sp³-hybridized carbons (Fsp3) is 0.919. The summed E-state index contributed by atoms with van der Waals surface area (Å²) >= 11 is 0. The summed E-state index contributed by atoms with van der Waals surface area (Å²) in [5, 5.41) is 0. The molecule has 0 aromatic carbocycles. The molecule has 230 valence electrons. The van der Waals surface area contributed by atoms with Crippen LogP contribution in [0.5, 0.6) is 0 Å². The van der Waals surface area contributed by atoms with Crippen molar-refractivity contribution in [3.8, 4) is 0 Å². The molecule has 2 heteroatoms. The summed E-state index contributed by atoms with van der Waals surface area (Å²) in [4.78, 5) is 3.73. The number of hydrogen-bond donors (Lipinski definition) is 1. The van der Waals surface area contributed by atoms with Crippen molar-refractivity contribution >= 4 is 0 Å². The van der Waals surface area contributed by atoms with Crippen molar-refractivity contribution in [3.63, 3.8) is 0 Å². The van der Waals surface area contributed by atoms with Gasteiger partial charge < -0.3 is 0 Å². The van der Waals surface area contributed by atoms with Crippen LogP contribution < -0.4 is 4.57 Å². The first-order valence-electron chi connectivity index (χ1n) is 18.3. The Kier molecular flexibility index (Phi) is 25.4. The van der Waals surface area contributed by atoms with Crippen LogP contribution in [-0.2, 0) is 0 Å². The number of aromatic nitrogens is 2. The lowest BCUT2D eigenvalue weighted by molar-refractivity contribution is -0.727. The van der Waals surface area contributed by atoms with Gasteiger partial charge in [-0.25, -0.2) is 9.55 Å². The van der Waals surface area contributed by atoms with Gasteiger partial charge in [-0.3, -0.25) is 0 Å². The lowest BCUT2D eigenvalue weighted by Gasteiger charge is -2.17. The van der Waals surface area contributed by atoms with Crippen molar-refractivity contribution in [2.24, 2.45) is 0 Å². The van der Waals surface area contributed by atoms with E-state index in [9.17, 15) is 0 Å². The highest BCUT2D eigenvalue weighted by Gasteiger charge is 2.25. The summed E-state index contributed by atoms with van der Waals surface area (Å²) in [6.45, 7) is 9.39. The fourth-order valence-electron chi connectivity index (χ4n) is 6.43. The molecule has 0 saturated heterocycles. The summed E-state index contributed by atoms with van der Waals surface area (Å²) in [6.07, 6.45) is 44.2. The molecule has 0 aliphatic carbocycles. The number of nitrogens with one attached hydrogen (secondary N) is 1. The van der Waals surface area contributed by atoms with Crippen LogP contribution in [0.15, 0.2) is 12.4 Å². The van der Waals surface area contributed by atoms with Crippen LogP contribution in [0, 0.1) is 0 Å². The van der Waals surface area contributed by atoms with Gasteiger partial charge in [-0.1, -0.05) is 175 Å². The highest BCUT2D eigenvalue weighted by atomic mass is 15.1. The molecule has 1 aromatic heterocycles. The van der Waals surface area contributed by atoms with Crippen LogP contribution in [0.4, 0.5) is 0 Å². The van der Waals surface area contributed by atoms with Crippen molar-refractivity contribution in [1.29, 1.82) is 0 Å². The number of nitrogens with zero attached hydrogens (tertiary/aromatic N) is 1. The maximum atomic E-state index is 3.73. The number of unbranched alkanes of at least 4 members (excludes halogenated alkanes) is 22. The van der Waals surface area contributed by atoms with E-state index < -0.39 is 0 Å². The summed E-state index contributed by atoms with van der Waals surface area (Å²) < 4.78 is 2.62. The van der Waals surface area contributed by atoms with Crippen LogP contribution in [0.2, 0.25) is 0 Å². The van der Waals surface area contributed by atoms with Gasteiger partial charge in [0.2, 0.25) is 0 Å². The molecule has 1 N–H and O–H groups in total. The van der Waals surface area contributed by atoms with Gasteiger partial charge in [0.25, 0.3) is 5.82 Å². The largest absolute Gasteiger partial charge is 0.257 e. The smallest absolute Gasteiger partial charge is 0.247 e. The summed E-state index contributed by atoms with van der Waals surface area (Å²) in [5.74, 6) is 2.24. The molecule has 2 unspecified atom stereocenters. The first-order valence-corrected chi connectivity index (χ1v) is 18.3. The molecule has 1 rings (SSSR count). The third-order valence-electron chi connectivity index (χ3n) is 9.14. The second-order valence-corrected chi connectivity index (χ2v) is 12.9. The molecule has 0 bridgehead atoms. The van der Waals surface area contributed by atoms with E-state index in [1.165, 1.54) is 186 Å². The number of aromatic amines is 1. The van der Waals surface area contributed by atoms with E-state index in [1.807, 2.05) is 0 Å². The molecule has 0 saturated carbocycles. The Labute approximate surface area is 246 Å². The quantitative estimate of drug-likeness (QED) is 0.0732. The van der Waals surface area contributed by atoms with Crippen LogP contribution in [0.3, 0.4) is 0 Å². The number of hydrogen-bond acceptors (Lipinski definition) is 0. The zero-order valence-corrected chi connectivity index (χ0v) is 27.6. The van der Waals surface area contributed by atoms with E-state index in [2.05, 4.69) is 49.6 Å². The Hall–Kier alpha value is -0.790. The lowest BCUT2D eigenvalue weighted by Crippen LogP contribution is -2.41. The van der Waals surface area contributed by atoms with Gasteiger partial charge in [-0.05, 0) is 32.6 Å². The molecule has 0 amide bonds. The van der Waals surface area contributed by atoms with Gasteiger partial charge in [0.1, 0.15) is 12.4 Å². The summed E-state index contributed by atoms with van der Waals surface area (Å²) in [5.41, 5.74) is 0. The fourth-order valence-corrected chi connectivity index (χ4v) is 6.43. The minimum Gasteiger partial charge on any atom is -0.247 e. The standard InChI is InChI=1S/C37H72N2/c1-5-8-11-14-16-18-19-20-22-24-26-29-32-36(31-28-25-23-21-17-15-12-9-6-2)37-38-33-34-39(37)35(4)30-27-13-10-7-3/h33-36H,5-32H2,1-4H3/p+1. The zero-order chi connectivity index (χ0) is 28.2. The van der Waals surface area contributed by atoms with E-state index in [4.69, 9.17) is 0 Å². The molecule has 0 radical (unpaired) electrons. The molecule has 0 aliphatic rings. The number of H-pyrrole nitrogens is 1. The zero-order valence-electron chi connectivity index (χ0n) is 27.6. The van der Waals surface area contributed by atoms with Gasteiger partial charge in [0, 0.05) is 0 Å². The van der Waals surface area contributed by atoms with E-state index in [-0.39, 0.29) is 0 Å². The molecule has 0 aliphatic heterocycles. The van der Waals surface area contributed by atoms with Crippen molar-refractivity contribution < 1.29 is 4.57 Å². The molecule has 1 aromatic rings. The van der Waals surface area contributed by atoms with E-state index in [0.717, 1.165) is 0 Å². The van der Waals surface area contributed by atoms with Gasteiger partial charge >= 0.3 is 0 Å². The lowest BCUT2D eigenvalue weighted by atomic mass is 9.92. The van der Waals surface area contributed by atoms with Crippen LogP contribution in [0.25, 0.3) is 0 Å². The summed E-state index contributed by atoms with van der Waals surface area (Å²) in [6, 6.07) is 0.621. The predicted molar refractivity (Wildman–Crippen MR) is 175 cm³/mol. The van der Waals surface area contributed by atoms with E-state index in [0.29, 0.717) is 12.0 Å². The Balaban J connectivity index is 2.40. The highest BCUT2D eigenvalue weighted by Crippen LogP contribution is 2.27. The third-order valence-corrected chi connectivity index (χ3v) is 9.14. The Morgan fingerprint density at radius 1 is 0.487 bits per heavy atom. The normalized spacial score (nSPS) is 13.2. The molecule has 0 spiro atoms. The monoisotopic (exact) mass is 546 g/mol. The Morgan fingerprint density at radius 2 is 0.821 bits per heavy atom. The maximum absolute atomic E-state index is 3.73. The van der Waals surface area contributed by atoms with Crippen LogP contribution in [-0.4, -0.2) is 4.98 Å². The first kappa shape index (κ1) is 36.2. The molecule has 2 nitrogen and oxygen atoms in total. The summed E-state index contributed by atoms with van der Waals surface area (Å²) in [7, 11) is 0. The van der Waals surface area contributed by atoms with Crippen molar-refractivity contribution in [2.45, 2.75) is 219 Å². The van der Waals surface area contributed by atoms with Gasteiger partial charge in [-0.15, -0.1) is 0 Å². The molecular weight excluding hydrogens is 472 g/mol. The Morgan fingerprint density at radius 3 is 1.23 bits per heavy atom. The van der Waals surface area contributed by atoms with Gasteiger partial charge in [-0.2, -0.15) is 0 Å². The molecule has 39 heavy (non-hydrogen) atoms. The molecule has 2 atom stereocenters. The van der Waals surface area contributed by atoms with Crippen molar-refractivity contribution in [3.05, 3.63) is 18.2 Å². The highest BCUT2D eigenvalue weighted by molar-refractivity contribution is 4.90. The van der Waals surface area contributed by atoms with Crippen LogP contribution >= 0.6 is 0 Å².